The van der Waals surface area contributed by atoms with Crippen molar-refractivity contribution in [1.29, 1.82) is 0 Å². The molecule has 0 aliphatic heterocycles. The van der Waals surface area contributed by atoms with Crippen molar-refractivity contribution in [3.63, 3.8) is 0 Å². The van der Waals surface area contributed by atoms with Crippen molar-refractivity contribution >= 4 is 11.7 Å². The second-order valence-electron chi connectivity index (χ2n) is 4.93. The molecular formula is C15H18N4O3. The van der Waals surface area contributed by atoms with Crippen LogP contribution in [0, 0.1) is 0 Å². The summed E-state index contributed by atoms with van der Waals surface area (Å²) in [6.07, 6.45) is 0.916. The Labute approximate surface area is 127 Å². The summed E-state index contributed by atoms with van der Waals surface area (Å²) in [6.45, 7) is 0. The van der Waals surface area contributed by atoms with Gasteiger partial charge in [0.2, 0.25) is 5.91 Å². The summed E-state index contributed by atoms with van der Waals surface area (Å²) in [6, 6.07) is 10.9. The average molecular weight is 302 g/mol. The standard InChI is InChI=1S/C15H18N4O3/c1-18-12(10-14(21)19(2)15(18)22)16-17-13(20)9-8-11-6-4-3-5-7-11/h3-7,10,16H,8-9H2,1-2H3,(H,17,20). The van der Waals surface area contributed by atoms with Crippen LogP contribution < -0.4 is 22.1 Å². The number of carbonyl (C=O) groups excluding carboxylic acids is 1. The molecule has 0 bridgehead atoms. The average Bonchev–Trinajstić information content (AvgIpc) is 2.54. The van der Waals surface area contributed by atoms with Crippen LogP contribution in [0.4, 0.5) is 5.82 Å². The molecule has 0 unspecified atom stereocenters. The number of nitrogens with one attached hydrogen (secondary N) is 2. The zero-order chi connectivity index (χ0) is 16.1. The molecule has 1 aromatic heterocycles. The number of hydrogen-bond acceptors (Lipinski definition) is 4. The van der Waals surface area contributed by atoms with Gasteiger partial charge in [-0.15, -0.1) is 0 Å². The molecule has 0 radical (unpaired) electrons. The fourth-order valence-corrected chi connectivity index (χ4v) is 1.95. The Balaban J connectivity index is 1.94. The minimum atomic E-state index is -0.464. The predicted octanol–water partition coefficient (Wildman–Crippen LogP) is 0.160. The first-order valence-corrected chi connectivity index (χ1v) is 6.85. The van der Waals surface area contributed by atoms with Gasteiger partial charge in [-0.05, 0) is 12.0 Å². The van der Waals surface area contributed by atoms with Gasteiger partial charge in [-0.25, -0.2) is 4.79 Å². The Morgan fingerprint density at radius 3 is 2.45 bits per heavy atom. The number of amides is 1. The van der Waals surface area contributed by atoms with Gasteiger partial charge in [-0.1, -0.05) is 30.3 Å². The second-order valence-corrected chi connectivity index (χ2v) is 4.93. The van der Waals surface area contributed by atoms with Crippen LogP contribution in [0.1, 0.15) is 12.0 Å². The van der Waals surface area contributed by atoms with Gasteiger partial charge in [-0.2, -0.15) is 0 Å². The lowest BCUT2D eigenvalue weighted by Gasteiger charge is -2.12. The minimum Gasteiger partial charge on any atom is -0.283 e. The Kier molecular flexibility index (Phi) is 4.77. The fourth-order valence-electron chi connectivity index (χ4n) is 1.95. The van der Waals surface area contributed by atoms with Gasteiger partial charge in [0.25, 0.3) is 5.56 Å². The lowest BCUT2D eigenvalue weighted by atomic mass is 10.1. The van der Waals surface area contributed by atoms with Gasteiger partial charge in [0, 0.05) is 26.6 Å². The number of hydrazine groups is 1. The summed E-state index contributed by atoms with van der Waals surface area (Å²) in [5.41, 5.74) is 5.26. The van der Waals surface area contributed by atoms with E-state index in [0.717, 1.165) is 10.1 Å². The predicted molar refractivity (Wildman–Crippen MR) is 83.5 cm³/mol. The molecule has 2 aromatic rings. The Hall–Kier alpha value is -2.83. The molecular weight excluding hydrogens is 284 g/mol. The van der Waals surface area contributed by atoms with Gasteiger partial charge >= 0.3 is 5.69 Å². The van der Waals surface area contributed by atoms with Gasteiger partial charge in [0.15, 0.2) is 0 Å². The maximum absolute atomic E-state index is 11.8. The van der Waals surface area contributed by atoms with Crippen LogP contribution in [0.3, 0.4) is 0 Å². The van der Waals surface area contributed by atoms with Crippen molar-refractivity contribution in [2.45, 2.75) is 12.8 Å². The highest BCUT2D eigenvalue weighted by molar-refractivity contribution is 5.77. The Morgan fingerprint density at radius 2 is 1.77 bits per heavy atom. The van der Waals surface area contributed by atoms with E-state index in [-0.39, 0.29) is 11.7 Å². The third kappa shape index (κ3) is 3.63. The summed E-state index contributed by atoms with van der Waals surface area (Å²) >= 11 is 0. The highest BCUT2D eigenvalue weighted by atomic mass is 16.2. The van der Waals surface area contributed by atoms with Crippen molar-refractivity contribution in [3.05, 3.63) is 62.8 Å². The van der Waals surface area contributed by atoms with E-state index in [1.165, 1.54) is 24.7 Å². The van der Waals surface area contributed by atoms with E-state index in [9.17, 15) is 14.4 Å². The van der Waals surface area contributed by atoms with E-state index in [1.54, 1.807) is 0 Å². The molecule has 116 valence electrons. The Bertz CT molecular complexity index is 778. The van der Waals surface area contributed by atoms with E-state index in [0.29, 0.717) is 12.8 Å². The van der Waals surface area contributed by atoms with E-state index in [1.807, 2.05) is 30.3 Å². The summed E-state index contributed by atoms with van der Waals surface area (Å²) in [4.78, 5) is 35.1. The third-order valence-electron chi connectivity index (χ3n) is 3.34. The molecule has 0 fully saturated rings. The molecule has 0 saturated heterocycles. The lowest BCUT2D eigenvalue weighted by Crippen LogP contribution is -2.40. The number of anilines is 1. The maximum Gasteiger partial charge on any atom is 0.332 e. The van der Waals surface area contributed by atoms with E-state index < -0.39 is 11.2 Å². The smallest absolute Gasteiger partial charge is 0.283 e. The molecule has 7 nitrogen and oxygen atoms in total. The van der Waals surface area contributed by atoms with Crippen molar-refractivity contribution in [3.8, 4) is 0 Å². The number of benzene rings is 1. The highest BCUT2D eigenvalue weighted by Gasteiger charge is 2.07. The first-order valence-electron chi connectivity index (χ1n) is 6.85. The molecule has 22 heavy (non-hydrogen) atoms. The van der Waals surface area contributed by atoms with Crippen LogP contribution in [0.2, 0.25) is 0 Å². The summed E-state index contributed by atoms with van der Waals surface area (Å²) in [5.74, 6) is 0.0122. The topological polar surface area (TPSA) is 85.1 Å². The SMILES string of the molecule is Cn1c(NNC(=O)CCc2ccccc2)cc(=O)n(C)c1=O. The monoisotopic (exact) mass is 302 g/mol. The maximum atomic E-state index is 11.8. The summed E-state index contributed by atoms with van der Waals surface area (Å²) in [5, 5.41) is 0. The number of rotatable bonds is 5. The van der Waals surface area contributed by atoms with Crippen LogP contribution >= 0.6 is 0 Å². The van der Waals surface area contributed by atoms with Gasteiger partial charge in [-0.3, -0.25) is 29.6 Å². The molecule has 1 aromatic carbocycles. The van der Waals surface area contributed by atoms with Gasteiger partial charge in [0.1, 0.15) is 5.82 Å². The third-order valence-corrected chi connectivity index (χ3v) is 3.34. The molecule has 0 saturated carbocycles. The van der Waals surface area contributed by atoms with Crippen molar-refractivity contribution in [2.75, 3.05) is 5.43 Å². The normalized spacial score (nSPS) is 10.3. The van der Waals surface area contributed by atoms with E-state index in [2.05, 4.69) is 10.9 Å². The van der Waals surface area contributed by atoms with E-state index >= 15 is 0 Å². The number of aromatic nitrogens is 2. The fraction of sp³-hybridized carbons (Fsp3) is 0.267. The van der Waals surface area contributed by atoms with Crippen LogP contribution in [0.15, 0.2) is 46.0 Å². The summed E-state index contributed by atoms with van der Waals surface area (Å²) < 4.78 is 2.24. The minimum absolute atomic E-state index is 0.225. The quantitative estimate of drug-likeness (QED) is 0.771. The van der Waals surface area contributed by atoms with Gasteiger partial charge in [0.05, 0.1) is 0 Å². The molecule has 7 heteroatoms. The van der Waals surface area contributed by atoms with Crippen LogP contribution in [-0.4, -0.2) is 15.0 Å². The Morgan fingerprint density at radius 1 is 1.09 bits per heavy atom. The molecule has 2 rings (SSSR count). The lowest BCUT2D eigenvalue weighted by molar-refractivity contribution is -0.120. The number of carbonyl (C=O) groups is 1. The van der Waals surface area contributed by atoms with Crippen molar-refractivity contribution in [1.82, 2.24) is 14.6 Å². The first kappa shape index (κ1) is 15.6. The van der Waals surface area contributed by atoms with Crippen molar-refractivity contribution in [2.24, 2.45) is 14.1 Å². The molecule has 0 aliphatic carbocycles. The molecule has 1 amide bonds. The summed E-state index contributed by atoms with van der Waals surface area (Å²) in [7, 11) is 2.91. The second kappa shape index (κ2) is 6.75. The molecule has 0 spiro atoms. The van der Waals surface area contributed by atoms with Crippen LogP contribution in [0.5, 0.6) is 0 Å². The van der Waals surface area contributed by atoms with Crippen LogP contribution in [0.25, 0.3) is 0 Å². The van der Waals surface area contributed by atoms with Crippen LogP contribution in [-0.2, 0) is 25.3 Å². The zero-order valence-electron chi connectivity index (χ0n) is 12.5. The molecule has 1 heterocycles. The zero-order valence-corrected chi connectivity index (χ0v) is 12.5. The molecule has 2 N–H and O–H groups in total. The number of hydrogen-bond donors (Lipinski definition) is 2. The van der Waals surface area contributed by atoms with Crippen molar-refractivity contribution < 1.29 is 4.79 Å². The number of nitrogens with zero attached hydrogens (tertiary/aromatic N) is 2. The van der Waals surface area contributed by atoms with E-state index in [4.69, 9.17) is 0 Å². The molecule has 0 aliphatic rings. The molecule has 0 atom stereocenters. The van der Waals surface area contributed by atoms with Gasteiger partial charge < -0.3 is 0 Å². The number of aryl methyl sites for hydroxylation is 1. The first-order chi connectivity index (χ1) is 10.5. The highest BCUT2D eigenvalue weighted by Crippen LogP contribution is 2.02. The largest absolute Gasteiger partial charge is 0.332 e.